The molecule has 0 radical (unpaired) electrons. The van der Waals surface area contributed by atoms with Gasteiger partial charge >= 0.3 is 5.97 Å². The third kappa shape index (κ3) is 3.81. The lowest BCUT2D eigenvalue weighted by atomic mass is 10.1. The van der Waals surface area contributed by atoms with E-state index in [9.17, 15) is 4.79 Å². The Bertz CT molecular complexity index is 851. The second kappa shape index (κ2) is 7.73. The Hall–Kier alpha value is -1.62. The van der Waals surface area contributed by atoms with Crippen LogP contribution in [0.2, 0.25) is 10.0 Å². The predicted octanol–water partition coefficient (Wildman–Crippen LogP) is 5.90. The molecule has 130 valence electrons. The number of hydrogen-bond donors (Lipinski definition) is 0. The van der Waals surface area contributed by atoms with E-state index in [2.05, 4.69) is 4.90 Å². The zero-order valence-electron chi connectivity index (χ0n) is 13.9. The minimum absolute atomic E-state index is 0.299. The van der Waals surface area contributed by atoms with E-state index in [0.717, 1.165) is 21.8 Å². The molecule has 2 aromatic carbocycles. The Kier molecular flexibility index (Phi) is 5.62. The second-order valence-electron chi connectivity index (χ2n) is 5.53. The summed E-state index contributed by atoms with van der Waals surface area (Å²) in [6.45, 7) is 4.63. The van der Waals surface area contributed by atoms with Crippen LogP contribution >= 0.6 is 35.0 Å². The molecule has 0 saturated heterocycles. The number of nitrogens with zero attached hydrogens (tertiary/aromatic N) is 1. The van der Waals surface area contributed by atoms with Gasteiger partial charge in [-0.15, -0.1) is 0 Å². The van der Waals surface area contributed by atoms with Gasteiger partial charge in [0.05, 0.1) is 12.3 Å². The standard InChI is InChI=1S/C19H17Cl2NO2S/c1-3-24-19(23)18-12(2)22(16-6-4-5-7-17(16)25-18)11-13-8-9-14(20)10-15(13)21/h4-10H,3,11H2,1-2H3. The van der Waals surface area contributed by atoms with Crippen LogP contribution in [0.3, 0.4) is 0 Å². The summed E-state index contributed by atoms with van der Waals surface area (Å²) in [5, 5.41) is 1.21. The number of para-hydroxylation sites is 1. The van der Waals surface area contributed by atoms with Crippen LogP contribution in [0.5, 0.6) is 0 Å². The lowest BCUT2D eigenvalue weighted by molar-refractivity contribution is -0.137. The van der Waals surface area contributed by atoms with Gasteiger partial charge in [0.2, 0.25) is 0 Å². The van der Waals surface area contributed by atoms with Crippen LogP contribution in [0.1, 0.15) is 19.4 Å². The smallest absolute Gasteiger partial charge is 0.346 e. The van der Waals surface area contributed by atoms with Crippen LogP contribution in [0.25, 0.3) is 0 Å². The first kappa shape index (κ1) is 18.2. The molecule has 6 heteroatoms. The summed E-state index contributed by atoms with van der Waals surface area (Å²) in [5.41, 5.74) is 2.84. The van der Waals surface area contributed by atoms with Crippen LogP contribution in [0, 0.1) is 0 Å². The van der Waals surface area contributed by atoms with Crippen molar-refractivity contribution in [2.45, 2.75) is 25.3 Å². The number of rotatable bonds is 4. The summed E-state index contributed by atoms with van der Waals surface area (Å²) in [7, 11) is 0. The molecule has 0 spiro atoms. The molecule has 0 bridgehead atoms. The largest absolute Gasteiger partial charge is 0.462 e. The predicted molar refractivity (Wildman–Crippen MR) is 104 cm³/mol. The first-order valence-corrected chi connectivity index (χ1v) is 9.45. The molecule has 0 saturated carbocycles. The molecule has 0 N–H and O–H groups in total. The maximum atomic E-state index is 12.4. The monoisotopic (exact) mass is 393 g/mol. The molecule has 0 fully saturated rings. The number of fused-ring (bicyclic) bond motifs is 1. The number of benzene rings is 2. The van der Waals surface area contributed by atoms with Gasteiger partial charge in [-0.05, 0) is 43.7 Å². The number of thioether (sulfide) groups is 1. The first-order chi connectivity index (χ1) is 12.0. The highest BCUT2D eigenvalue weighted by Crippen LogP contribution is 2.44. The van der Waals surface area contributed by atoms with Crippen LogP contribution in [0.4, 0.5) is 5.69 Å². The number of ether oxygens (including phenoxy) is 1. The van der Waals surface area contributed by atoms with Gasteiger partial charge in [0.15, 0.2) is 0 Å². The van der Waals surface area contributed by atoms with E-state index in [1.807, 2.05) is 43.3 Å². The van der Waals surface area contributed by atoms with Crippen LogP contribution in [-0.4, -0.2) is 12.6 Å². The van der Waals surface area contributed by atoms with E-state index >= 15 is 0 Å². The molecule has 0 unspecified atom stereocenters. The van der Waals surface area contributed by atoms with Crippen molar-refractivity contribution in [1.29, 1.82) is 0 Å². The molecular formula is C19H17Cl2NO2S. The summed E-state index contributed by atoms with van der Waals surface area (Å²) in [5.74, 6) is -0.299. The molecule has 1 aliphatic heterocycles. The van der Waals surface area contributed by atoms with Crippen molar-refractivity contribution in [3.05, 3.63) is 68.7 Å². The summed E-state index contributed by atoms with van der Waals surface area (Å²) in [6, 6.07) is 13.4. The van der Waals surface area contributed by atoms with Crippen molar-refractivity contribution in [1.82, 2.24) is 0 Å². The van der Waals surface area contributed by atoms with Gasteiger partial charge < -0.3 is 9.64 Å². The molecule has 3 rings (SSSR count). The van der Waals surface area contributed by atoms with Gasteiger partial charge in [0, 0.05) is 27.2 Å². The van der Waals surface area contributed by atoms with Crippen LogP contribution in [-0.2, 0) is 16.1 Å². The fourth-order valence-electron chi connectivity index (χ4n) is 2.66. The van der Waals surface area contributed by atoms with Crippen LogP contribution in [0.15, 0.2) is 58.0 Å². The van der Waals surface area contributed by atoms with Crippen molar-refractivity contribution in [3.8, 4) is 0 Å². The summed E-state index contributed by atoms with van der Waals surface area (Å²) in [4.78, 5) is 16.1. The maximum Gasteiger partial charge on any atom is 0.346 e. The number of hydrogen-bond acceptors (Lipinski definition) is 4. The molecule has 0 amide bonds. The first-order valence-electron chi connectivity index (χ1n) is 7.87. The fraction of sp³-hybridized carbons (Fsp3) is 0.211. The highest BCUT2D eigenvalue weighted by atomic mass is 35.5. The Balaban J connectivity index is 2.03. The fourth-order valence-corrected chi connectivity index (χ4v) is 4.18. The minimum Gasteiger partial charge on any atom is -0.462 e. The van der Waals surface area contributed by atoms with Gasteiger partial charge in [-0.3, -0.25) is 0 Å². The van der Waals surface area contributed by atoms with Gasteiger partial charge in [0.25, 0.3) is 0 Å². The molecule has 0 atom stereocenters. The Labute approximate surface area is 161 Å². The van der Waals surface area contributed by atoms with Crippen molar-refractivity contribution < 1.29 is 9.53 Å². The number of carbonyl (C=O) groups is 1. The summed E-state index contributed by atoms with van der Waals surface area (Å²) in [6.07, 6.45) is 0. The maximum absolute atomic E-state index is 12.4. The summed E-state index contributed by atoms with van der Waals surface area (Å²) < 4.78 is 5.22. The molecule has 0 aromatic heterocycles. The number of anilines is 1. The Morgan fingerprint density at radius 3 is 2.68 bits per heavy atom. The highest BCUT2D eigenvalue weighted by Gasteiger charge is 2.28. The van der Waals surface area contributed by atoms with Crippen molar-refractivity contribution in [3.63, 3.8) is 0 Å². The molecule has 1 aliphatic rings. The molecule has 2 aromatic rings. The molecule has 3 nitrogen and oxygen atoms in total. The van der Waals surface area contributed by atoms with Gasteiger partial charge in [0.1, 0.15) is 4.91 Å². The van der Waals surface area contributed by atoms with Gasteiger partial charge in [-0.2, -0.15) is 0 Å². The number of esters is 1. The van der Waals surface area contributed by atoms with Gasteiger partial charge in [-0.1, -0.05) is 53.2 Å². The van der Waals surface area contributed by atoms with Crippen molar-refractivity contribution in [2.24, 2.45) is 0 Å². The van der Waals surface area contributed by atoms with E-state index in [4.69, 9.17) is 27.9 Å². The lowest BCUT2D eigenvalue weighted by Gasteiger charge is -2.33. The zero-order chi connectivity index (χ0) is 18.0. The van der Waals surface area contributed by atoms with E-state index in [-0.39, 0.29) is 5.97 Å². The number of allylic oxidation sites excluding steroid dienone is 1. The normalized spacial score (nSPS) is 13.7. The lowest BCUT2D eigenvalue weighted by Crippen LogP contribution is -2.27. The van der Waals surface area contributed by atoms with E-state index in [0.29, 0.717) is 28.1 Å². The molecule has 1 heterocycles. The molecule has 0 aliphatic carbocycles. The minimum atomic E-state index is -0.299. The highest BCUT2D eigenvalue weighted by molar-refractivity contribution is 8.04. The average molecular weight is 394 g/mol. The van der Waals surface area contributed by atoms with Crippen molar-refractivity contribution in [2.75, 3.05) is 11.5 Å². The van der Waals surface area contributed by atoms with Crippen LogP contribution < -0.4 is 4.90 Å². The second-order valence-corrected chi connectivity index (χ2v) is 7.42. The Morgan fingerprint density at radius 1 is 1.20 bits per heavy atom. The average Bonchev–Trinajstić information content (AvgIpc) is 2.59. The summed E-state index contributed by atoms with van der Waals surface area (Å²) >= 11 is 13.8. The third-order valence-electron chi connectivity index (χ3n) is 3.91. The topological polar surface area (TPSA) is 29.5 Å². The van der Waals surface area contributed by atoms with Crippen molar-refractivity contribution >= 4 is 46.6 Å². The van der Waals surface area contributed by atoms with Gasteiger partial charge in [-0.25, -0.2) is 4.79 Å². The quantitative estimate of drug-likeness (QED) is 0.604. The SMILES string of the molecule is CCOC(=O)C1=C(C)N(Cc2ccc(Cl)cc2Cl)c2ccccc2S1. The van der Waals surface area contributed by atoms with E-state index in [1.54, 1.807) is 13.0 Å². The Morgan fingerprint density at radius 2 is 1.96 bits per heavy atom. The molecular weight excluding hydrogens is 377 g/mol. The molecule has 25 heavy (non-hydrogen) atoms. The number of carbonyl (C=O) groups excluding carboxylic acids is 1. The third-order valence-corrected chi connectivity index (χ3v) is 5.72. The van der Waals surface area contributed by atoms with E-state index < -0.39 is 0 Å². The zero-order valence-corrected chi connectivity index (χ0v) is 16.2. The number of halogens is 2. The van der Waals surface area contributed by atoms with E-state index in [1.165, 1.54) is 11.8 Å².